The number of ether oxygens (including phenoxy) is 2. The Morgan fingerprint density at radius 2 is 1.72 bits per heavy atom. The second-order valence-electron chi connectivity index (χ2n) is 6.39. The molecule has 2 rings (SSSR count). The summed E-state index contributed by atoms with van der Waals surface area (Å²) in [6.45, 7) is 3.20. The van der Waals surface area contributed by atoms with Crippen LogP contribution in [-0.4, -0.2) is 47.6 Å². The van der Waals surface area contributed by atoms with Gasteiger partial charge in [-0.25, -0.2) is 13.8 Å². The largest absolute Gasteiger partial charge is 0.493 e. The summed E-state index contributed by atoms with van der Waals surface area (Å²) in [7, 11) is -0.647. The van der Waals surface area contributed by atoms with E-state index >= 15 is 0 Å². The SMILES string of the molecule is COc1cccc(C=NNC(=O)CN(c2c(C)cccc2C)S(C)(=O)=O)c1OC. The number of para-hydroxylation sites is 2. The van der Waals surface area contributed by atoms with Crippen molar-refractivity contribution >= 4 is 27.8 Å². The van der Waals surface area contributed by atoms with Crippen molar-refractivity contribution in [1.29, 1.82) is 0 Å². The van der Waals surface area contributed by atoms with Gasteiger partial charge in [-0.3, -0.25) is 9.10 Å². The molecule has 0 bridgehead atoms. The highest BCUT2D eigenvalue weighted by atomic mass is 32.2. The molecule has 0 aliphatic rings. The molecule has 0 unspecified atom stereocenters. The zero-order valence-corrected chi connectivity index (χ0v) is 17.9. The minimum absolute atomic E-state index is 0.392. The number of hydrazone groups is 1. The van der Waals surface area contributed by atoms with Crippen molar-refractivity contribution in [1.82, 2.24) is 5.43 Å². The fourth-order valence-electron chi connectivity index (χ4n) is 2.91. The number of amides is 1. The van der Waals surface area contributed by atoms with Gasteiger partial charge in [0.2, 0.25) is 10.0 Å². The number of aryl methyl sites for hydroxylation is 2. The van der Waals surface area contributed by atoms with Gasteiger partial charge in [-0.15, -0.1) is 0 Å². The fourth-order valence-corrected chi connectivity index (χ4v) is 3.89. The Morgan fingerprint density at radius 1 is 1.10 bits per heavy atom. The summed E-state index contributed by atoms with van der Waals surface area (Å²) in [5.41, 5.74) is 4.96. The summed E-state index contributed by atoms with van der Waals surface area (Å²) in [5, 5.41) is 3.92. The molecule has 0 fully saturated rings. The topological polar surface area (TPSA) is 97.3 Å². The van der Waals surface area contributed by atoms with E-state index in [2.05, 4.69) is 10.5 Å². The van der Waals surface area contributed by atoms with Gasteiger partial charge in [0, 0.05) is 5.56 Å². The summed E-state index contributed by atoms with van der Waals surface area (Å²) < 4.78 is 36.2. The van der Waals surface area contributed by atoms with Gasteiger partial charge in [0.25, 0.3) is 5.91 Å². The van der Waals surface area contributed by atoms with Crippen molar-refractivity contribution in [3.63, 3.8) is 0 Å². The second-order valence-corrected chi connectivity index (χ2v) is 8.29. The maximum atomic E-state index is 12.4. The maximum Gasteiger partial charge on any atom is 0.260 e. The van der Waals surface area contributed by atoms with Crippen LogP contribution in [0.4, 0.5) is 5.69 Å². The van der Waals surface area contributed by atoms with Crippen molar-refractivity contribution < 1.29 is 22.7 Å². The van der Waals surface area contributed by atoms with Crippen LogP contribution >= 0.6 is 0 Å². The van der Waals surface area contributed by atoms with E-state index in [-0.39, 0.29) is 0 Å². The van der Waals surface area contributed by atoms with Gasteiger partial charge < -0.3 is 9.47 Å². The molecule has 2 aromatic rings. The number of hydrogen-bond donors (Lipinski definition) is 1. The van der Waals surface area contributed by atoms with Crippen LogP contribution in [0.25, 0.3) is 0 Å². The van der Waals surface area contributed by atoms with Crippen LogP contribution < -0.4 is 19.2 Å². The molecule has 1 amide bonds. The van der Waals surface area contributed by atoms with Crippen molar-refractivity contribution in [3.8, 4) is 11.5 Å². The van der Waals surface area contributed by atoms with Crippen LogP contribution in [0.15, 0.2) is 41.5 Å². The van der Waals surface area contributed by atoms with Crippen molar-refractivity contribution in [2.45, 2.75) is 13.8 Å². The summed E-state index contributed by atoms with van der Waals surface area (Å²) >= 11 is 0. The van der Waals surface area contributed by atoms with Gasteiger partial charge in [0.1, 0.15) is 6.54 Å². The minimum Gasteiger partial charge on any atom is -0.493 e. The molecule has 29 heavy (non-hydrogen) atoms. The highest BCUT2D eigenvalue weighted by molar-refractivity contribution is 7.92. The number of methoxy groups -OCH3 is 2. The third kappa shape index (κ3) is 5.47. The van der Waals surface area contributed by atoms with E-state index < -0.39 is 22.5 Å². The number of rotatable bonds is 8. The monoisotopic (exact) mass is 419 g/mol. The molecule has 0 atom stereocenters. The Bertz CT molecular complexity index is 999. The average Bonchev–Trinajstić information content (AvgIpc) is 2.66. The minimum atomic E-state index is -3.67. The van der Waals surface area contributed by atoms with Crippen molar-refractivity contribution in [2.24, 2.45) is 5.10 Å². The second kappa shape index (κ2) is 9.42. The van der Waals surface area contributed by atoms with E-state index in [0.29, 0.717) is 22.7 Å². The van der Waals surface area contributed by atoms with Crippen LogP contribution in [-0.2, 0) is 14.8 Å². The number of sulfonamides is 1. The highest BCUT2D eigenvalue weighted by Gasteiger charge is 2.23. The number of hydrogen-bond acceptors (Lipinski definition) is 6. The third-order valence-corrected chi connectivity index (χ3v) is 5.32. The van der Waals surface area contributed by atoms with E-state index in [4.69, 9.17) is 9.47 Å². The van der Waals surface area contributed by atoms with Gasteiger partial charge in [-0.1, -0.05) is 24.3 Å². The summed E-state index contributed by atoms with van der Waals surface area (Å²) in [6.07, 6.45) is 2.47. The van der Waals surface area contributed by atoms with Gasteiger partial charge in [-0.2, -0.15) is 5.10 Å². The molecule has 0 aliphatic heterocycles. The first kappa shape index (κ1) is 22.2. The molecule has 0 aliphatic carbocycles. The predicted molar refractivity (Wildman–Crippen MR) is 113 cm³/mol. The molecule has 8 nitrogen and oxygen atoms in total. The Kier molecular flexibility index (Phi) is 7.22. The van der Waals surface area contributed by atoms with Crippen molar-refractivity contribution in [3.05, 3.63) is 53.1 Å². The van der Waals surface area contributed by atoms with Crippen molar-refractivity contribution in [2.75, 3.05) is 31.3 Å². The smallest absolute Gasteiger partial charge is 0.260 e. The van der Waals surface area contributed by atoms with E-state index in [1.165, 1.54) is 20.4 Å². The number of nitrogens with zero attached hydrogens (tertiary/aromatic N) is 2. The standard InChI is InChI=1S/C20H25N3O5S/c1-14-8-6-9-15(2)19(14)23(29(5,25)26)13-18(24)22-21-12-16-10-7-11-17(27-3)20(16)28-4/h6-12H,13H2,1-5H3,(H,22,24). The van der Waals surface area contributed by atoms with Crippen LogP contribution in [0.5, 0.6) is 11.5 Å². The van der Waals surface area contributed by atoms with Gasteiger partial charge in [0.05, 0.1) is 32.4 Å². The first-order valence-corrected chi connectivity index (χ1v) is 10.6. The molecule has 0 saturated carbocycles. The Balaban J connectivity index is 2.19. The van der Waals surface area contributed by atoms with E-state index in [1.54, 1.807) is 44.2 Å². The molecule has 0 spiro atoms. The molecule has 9 heteroatoms. The first-order chi connectivity index (χ1) is 13.7. The van der Waals surface area contributed by atoms with Crippen LogP contribution in [0.1, 0.15) is 16.7 Å². The van der Waals surface area contributed by atoms with Crippen LogP contribution in [0.3, 0.4) is 0 Å². The zero-order chi connectivity index (χ0) is 21.6. The molecular weight excluding hydrogens is 394 g/mol. The van der Waals surface area contributed by atoms with E-state index in [9.17, 15) is 13.2 Å². The number of benzene rings is 2. The lowest BCUT2D eigenvalue weighted by molar-refractivity contribution is -0.119. The summed E-state index contributed by atoms with van der Waals surface area (Å²) in [6, 6.07) is 10.7. The molecule has 156 valence electrons. The quantitative estimate of drug-likeness (QED) is 0.523. The summed E-state index contributed by atoms with van der Waals surface area (Å²) in [5.74, 6) is 0.429. The number of carbonyl (C=O) groups is 1. The Hall–Kier alpha value is -3.07. The van der Waals surface area contributed by atoms with Gasteiger partial charge in [0.15, 0.2) is 11.5 Å². The normalized spacial score (nSPS) is 11.3. The molecule has 1 N–H and O–H groups in total. The van der Waals surface area contributed by atoms with Crippen LogP contribution in [0.2, 0.25) is 0 Å². The Labute approximate surface area is 171 Å². The molecular formula is C20H25N3O5S. The number of anilines is 1. The zero-order valence-electron chi connectivity index (χ0n) is 17.1. The lowest BCUT2D eigenvalue weighted by Gasteiger charge is -2.25. The average molecular weight is 420 g/mol. The summed E-state index contributed by atoms with van der Waals surface area (Å²) in [4.78, 5) is 12.4. The molecule has 0 radical (unpaired) electrons. The lowest BCUT2D eigenvalue weighted by atomic mass is 10.1. The highest BCUT2D eigenvalue weighted by Crippen LogP contribution is 2.29. The molecule has 0 heterocycles. The number of nitrogens with one attached hydrogen (secondary N) is 1. The molecule has 0 aromatic heterocycles. The van der Waals surface area contributed by atoms with E-state index in [1.807, 2.05) is 6.07 Å². The molecule has 0 saturated heterocycles. The van der Waals surface area contributed by atoms with Gasteiger partial charge >= 0.3 is 0 Å². The van der Waals surface area contributed by atoms with E-state index in [0.717, 1.165) is 21.7 Å². The molecule has 2 aromatic carbocycles. The number of carbonyl (C=O) groups excluding carboxylic acids is 1. The lowest BCUT2D eigenvalue weighted by Crippen LogP contribution is -2.39. The predicted octanol–water partition coefficient (Wildman–Crippen LogP) is 2.24. The third-order valence-electron chi connectivity index (χ3n) is 4.20. The first-order valence-electron chi connectivity index (χ1n) is 8.75. The maximum absolute atomic E-state index is 12.4. The fraction of sp³-hybridized carbons (Fsp3) is 0.300. The Morgan fingerprint density at radius 3 is 2.28 bits per heavy atom. The van der Waals surface area contributed by atoms with Crippen LogP contribution in [0, 0.1) is 13.8 Å². The van der Waals surface area contributed by atoms with Gasteiger partial charge in [-0.05, 0) is 37.1 Å².